The second-order valence-electron chi connectivity index (χ2n) is 7.76. The van der Waals surface area contributed by atoms with Crippen LogP contribution in [-0.4, -0.2) is 65.9 Å². The summed E-state index contributed by atoms with van der Waals surface area (Å²) >= 11 is 0. The van der Waals surface area contributed by atoms with Gasteiger partial charge in [0, 0.05) is 6.42 Å². The van der Waals surface area contributed by atoms with Gasteiger partial charge in [0.05, 0.1) is 12.6 Å². The van der Waals surface area contributed by atoms with Gasteiger partial charge in [0.25, 0.3) is 0 Å². The molecule has 0 aromatic carbocycles. The molecule has 0 aliphatic carbocycles. The maximum atomic E-state index is 12.5. The van der Waals surface area contributed by atoms with Crippen molar-refractivity contribution in [2.24, 2.45) is 23.1 Å². The fraction of sp³-hybridized carbons (Fsp3) is 0.737. The quantitative estimate of drug-likeness (QED) is 0.131. The Morgan fingerprint density at radius 2 is 1.58 bits per heavy atom. The number of rotatable bonds is 16. The molecule has 0 rings (SSSR count). The van der Waals surface area contributed by atoms with Gasteiger partial charge in [-0.2, -0.15) is 0 Å². The highest BCUT2D eigenvalue weighted by Crippen LogP contribution is 2.07. The van der Waals surface area contributed by atoms with Crippen LogP contribution in [0, 0.1) is 5.92 Å². The molecule has 0 heterocycles. The SMILES string of the molecule is CC(C)CC(NC(=O)CNC(=O)C(N)CCCCN)C(=O)NC(CCC(N)=O)C(=O)O. The number of unbranched alkanes of at least 4 members (excludes halogenated alkanes) is 1. The minimum absolute atomic E-state index is 0.00973. The molecule has 0 bridgehead atoms. The number of carbonyl (C=O) groups excluding carboxylic acids is 4. The molecule has 4 amide bonds. The van der Waals surface area contributed by atoms with Crippen molar-refractivity contribution in [3.05, 3.63) is 0 Å². The van der Waals surface area contributed by atoms with E-state index in [1.807, 2.05) is 13.8 Å². The molecule has 12 nitrogen and oxygen atoms in total. The van der Waals surface area contributed by atoms with Crippen LogP contribution in [-0.2, 0) is 24.0 Å². The summed E-state index contributed by atoms with van der Waals surface area (Å²) in [5.74, 6) is -3.81. The Labute approximate surface area is 182 Å². The number of carboxylic acid groups (broad SMARTS) is 1. The number of primary amides is 1. The lowest BCUT2D eigenvalue weighted by atomic mass is 10.0. The van der Waals surface area contributed by atoms with Crippen LogP contribution < -0.4 is 33.2 Å². The lowest BCUT2D eigenvalue weighted by Gasteiger charge is -2.23. The van der Waals surface area contributed by atoms with Crippen LogP contribution in [0.3, 0.4) is 0 Å². The molecule has 3 atom stereocenters. The molecule has 0 aliphatic heterocycles. The number of aliphatic carboxylic acids is 1. The minimum atomic E-state index is -1.32. The average molecular weight is 445 g/mol. The van der Waals surface area contributed by atoms with Gasteiger partial charge >= 0.3 is 5.97 Å². The van der Waals surface area contributed by atoms with Gasteiger partial charge in [0.2, 0.25) is 23.6 Å². The molecule has 0 fully saturated rings. The summed E-state index contributed by atoms with van der Waals surface area (Å²) in [6.07, 6.45) is 1.72. The third kappa shape index (κ3) is 13.2. The van der Waals surface area contributed by atoms with Crippen molar-refractivity contribution in [3.8, 4) is 0 Å². The maximum absolute atomic E-state index is 12.5. The van der Waals surface area contributed by atoms with E-state index in [-0.39, 0.29) is 31.7 Å². The Morgan fingerprint density at radius 3 is 2.10 bits per heavy atom. The predicted octanol–water partition coefficient (Wildman–Crippen LogP) is -2.08. The molecule has 178 valence electrons. The standard InChI is InChI=1S/C19H36N6O6/c1-11(2)9-14(18(29)25-13(19(30)31)6-7-15(22)26)24-16(27)10-23-17(28)12(21)5-3-4-8-20/h11-14H,3-10,20-21H2,1-2H3,(H2,22,26)(H,23,28)(H,24,27)(H,25,29)(H,30,31). The van der Waals surface area contributed by atoms with E-state index in [0.717, 1.165) is 6.42 Å². The molecule has 0 saturated carbocycles. The molecule has 31 heavy (non-hydrogen) atoms. The van der Waals surface area contributed by atoms with Crippen molar-refractivity contribution in [1.29, 1.82) is 0 Å². The lowest BCUT2D eigenvalue weighted by molar-refractivity contribution is -0.142. The Morgan fingerprint density at radius 1 is 0.935 bits per heavy atom. The molecular weight excluding hydrogens is 408 g/mol. The van der Waals surface area contributed by atoms with Gasteiger partial charge in [-0.15, -0.1) is 0 Å². The van der Waals surface area contributed by atoms with Crippen LogP contribution in [0.1, 0.15) is 52.4 Å². The molecule has 0 aromatic heterocycles. The third-order valence-corrected chi connectivity index (χ3v) is 4.38. The highest BCUT2D eigenvalue weighted by molar-refractivity contribution is 5.92. The second-order valence-corrected chi connectivity index (χ2v) is 7.76. The monoisotopic (exact) mass is 444 g/mol. The lowest BCUT2D eigenvalue weighted by Crippen LogP contribution is -2.54. The van der Waals surface area contributed by atoms with E-state index in [2.05, 4.69) is 16.0 Å². The minimum Gasteiger partial charge on any atom is -0.480 e. The van der Waals surface area contributed by atoms with E-state index in [1.54, 1.807) is 0 Å². The zero-order valence-electron chi connectivity index (χ0n) is 18.2. The van der Waals surface area contributed by atoms with E-state index >= 15 is 0 Å². The van der Waals surface area contributed by atoms with Crippen LogP contribution in [0.15, 0.2) is 0 Å². The van der Waals surface area contributed by atoms with Crippen LogP contribution in [0.25, 0.3) is 0 Å². The zero-order chi connectivity index (χ0) is 24.0. The van der Waals surface area contributed by atoms with Crippen molar-refractivity contribution in [2.75, 3.05) is 13.1 Å². The Bertz CT molecular complexity index is 627. The van der Waals surface area contributed by atoms with Gasteiger partial charge in [-0.05, 0) is 38.1 Å². The molecule has 0 saturated heterocycles. The fourth-order valence-electron chi connectivity index (χ4n) is 2.70. The molecule has 10 N–H and O–H groups in total. The van der Waals surface area contributed by atoms with Gasteiger partial charge in [-0.1, -0.05) is 20.3 Å². The van der Waals surface area contributed by atoms with E-state index in [0.29, 0.717) is 19.4 Å². The molecule has 0 radical (unpaired) electrons. The van der Waals surface area contributed by atoms with E-state index in [1.165, 1.54) is 0 Å². The predicted molar refractivity (Wildman–Crippen MR) is 113 cm³/mol. The average Bonchev–Trinajstić information content (AvgIpc) is 2.67. The van der Waals surface area contributed by atoms with Crippen LogP contribution in [0.2, 0.25) is 0 Å². The zero-order valence-corrected chi connectivity index (χ0v) is 18.2. The van der Waals surface area contributed by atoms with Gasteiger partial charge < -0.3 is 38.3 Å². The van der Waals surface area contributed by atoms with Crippen molar-refractivity contribution >= 4 is 29.6 Å². The molecule has 0 spiro atoms. The first-order valence-corrected chi connectivity index (χ1v) is 10.3. The van der Waals surface area contributed by atoms with Gasteiger partial charge in [0.1, 0.15) is 12.1 Å². The summed E-state index contributed by atoms with van der Waals surface area (Å²) in [5.41, 5.74) is 16.2. The summed E-state index contributed by atoms with van der Waals surface area (Å²) in [6.45, 7) is 3.78. The number of carboxylic acids is 1. The van der Waals surface area contributed by atoms with E-state index in [4.69, 9.17) is 17.2 Å². The third-order valence-electron chi connectivity index (χ3n) is 4.38. The first-order valence-electron chi connectivity index (χ1n) is 10.3. The van der Waals surface area contributed by atoms with Crippen LogP contribution in [0.5, 0.6) is 0 Å². The van der Waals surface area contributed by atoms with E-state index < -0.39 is 47.7 Å². The smallest absolute Gasteiger partial charge is 0.326 e. The van der Waals surface area contributed by atoms with Crippen LogP contribution in [0.4, 0.5) is 0 Å². The molecule has 12 heteroatoms. The summed E-state index contributed by atoms with van der Waals surface area (Å²) in [7, 11) is 0. The molecule has 3 unspecified atom stereocenters. The molecule has 0 aliphatic rings. The number of carbonyl (C=O) groups is 5. The van der Waals surface area contributed by atoms with Gasteiger partial charge in [-0.3, -0.25) is 19.2 Å². The topological polar surface area (TPSA) is 220 Å². The number of nitrogens with one attached hydrogen (secondary N) is 3. The van der Waals surface area contributed by atoms with E-state index in [9.17, 15) is 29.1 Å². The highest BCUT2D eigenvalue weighted by Gasteiger charge is 2.27. The number of nitrogens with two attached hydrogens (primary N) is 3. The van der Waals surface area contributed by atoms with Crippen LogP contribution >= 0.6 is 0 Å². The molecule has 0 aromatic rings. The largest absolute Gasteiger partial charge is 0.480 e. The number of amides is 4. The fourth-order valence-corrected chi connectivity index (χ4v) is 2.70. The van der Waals surface area contributed by atoms with Crippen molar-refractivity contribution in [2.45, 2.75) is 70.5 Å². The molecular formula is C19H36N6O6. The summed E-state index contributed by atoms with van der Waals surface area (Å²) in [4.78, 5) is 58.9. The second kappa shape index (κ2) is 15.1. The first-order chi connectivity index (χ1) is 14.5. The van der Waals surface area contributed by atoms with Crippen molar-refractivity contribution in [1.82, 2.24) is 16.0 Å². The first kappa shape index (κ1) is 28.3. The maximum Gasteiger partial charge on any atom is 0.326 e. The van der Waals surface area contributed by atoms with Crippen molar-refractivity contribution in [3.63, 3.8) is 0 Å². The summed E-state index contributed by atoms with van der Waals surface area (Å²) in [5, 5.41) is 16.5. The van der Waals surface area contributed by atoms with Crippen molar-refractivity contribution < 1.29 is 29.1 Å². The number of hydrogen-bond donors (Lipinski definition) is 7. The summed E-state index contributed by atoms with van der Waals surface area (Å²) < 4.78 is 0. The van der Waals surface area contributed by atoms with Gasteiger partial charge in [0.15, 0.2) is 0 Å². The summed E-state index contributed by atoms with van der Waals surface area (Å²) in [6, 6.07) is -3.11. The Kier molecular flexibility index (Phi) is 13.8. The van der Waals surface area contributed by atoms with Gasteiger partial charge in [-0.25, -0.2) is 4.79 Å². The number of hydrogen-bond acceptors (Lipinski definition) is 7. The normalized spacial score (nSPS) is 13.7. The Hall–Kier alpha value is -2.73. The Balaban J connectivity index is 4.82. The highest BCUT2D eigenvalue weighted by atomic mass is 16.4.